The number of hydrogen-bond donors (Lipinski definition) is 1. The highest BCUT2D eigenvalue weighted by Gasteiger charge is 2.29. The fourth-order valence-electron chi connectivity index (χ4n) is 3.11. The highest BCUT2D eigenvalue weighted by atomic mass is 35.5. The normalized spacial score (nSPS) is 17.6. The molecule has 124 valence electrons. The average Bonchev–Trinajstić information content (AvgIpc) is 2.97. The summed E-state index contributed by atoms with van der Waals surface area (Å²) in [5, 5.41) is 0.655. The third-order valence-electron chi connectivity index (χ3n) is 4.44. The second-order valence-electron chi connectivity index (χ2n) is 6.16. The molecule has 1 saturated heterocycles. The van der Waals surface area contributed by atoms with Crippen molar-refractivity contribution in [2.45, 2.75) is 44.6 Å². The Bertz CT molecular complexity index is 692. The first-order chi connectivity index (χ1) is 11.1. The van der Waals surface area contributed by atoms with Crippen LogP contribution in [0, 0.1) is 0 Å². The van der Waals surface area contributed by atoms with E-state index in [1.54, 1.807) is 6.07 Å². The van der Waals surface area contributed by atoms with Crippen LogP contribution in [0.4, 0.5) is 0 Å². The molecule has 2 aromatic rings. The summed E-state index contributed by atoms with van der Waals surface area (Å²) >= 11 is 5.99. The maximum absolute atomic E-state index is 12.3. The number of amides is 1. The van der Waals surface area contributed by atoms with E-state index < -0.39 is 0 Å². The molecule has 0 saturated carbocycles. The lowest BCUT2D eigenvalue weighted by Gasteiger charge is -2.32. The fourth-order valence-corrected chi connectivity index (χ4v) is 3.28. The minimum absolute atomic E-state index is 0.0645. The van der Waals surface area contributed by atoms with Gasteiger partial charge in [0.1, 0.15) is 5.52 Å². The summed E-state index contributed by atoms with van der Waals surface area (Å²) in [4.78, 5) is 18.7. The number of carbonyl (C=O) groups is 1. The molecule has 3 rings (SSSR count). The van der Waals surface area contributed by atoms with Crippen LogP contribution in [0.15, 0.2) is 22.6 Å². The van der Waals surface area contributed by atoms with Gasteiger partial charge in [-0.2, -0.15) is 0 Å². The average molecular weight is 336 g/mol. The summed E-state index contributed by atoms with van der Waals surface area (Å²) in [6.07, 6.45) is 3.37. The molecule has 1 aromatic heterocycles. The zero-order valence-corrected chi connectivity index (χ0v) is 14.1. The van der Waals surface area contributed by atoms with Gasteiger partial charge in [-0.15, -0.1) is 0 Å². The van der Waals surface area contributed by atoms with Crippen LogP contribution < -0.4 is 5.73 Å². The number of fused-ring (bicyclic) bond motifs is 1. The molecule has 2 N–H and O–H groups in total. The van der Waals surface area contributed by atoms with Crippen LogP contribution in [0.5, 0.6) is 0 Å². The number of oxazole rings is 1. The molecule has 0 aliphatic carbocycles. The smallest absolute Gasteiger partial charge is 0.239 e. The Morgan fingerprint density at radius 3 is 2.91 bits per heavy atom. The maximum atomic E-state index is 12.3. The number of rotatable bonds is 4. The molecule has 1 atom stereocenters. The number of carbonyl (C=O) groups excluding carboxylic acids is 1. The molecule has 23 heavy (non-hydrogen) atoms. The van der Waals surface area contributed by atoms with E-state index in [-0.39, 0.29) is 17.9 Å². The molecule has 2 heterocycles. The van der Waals surface area contributed by atoms with Crippen LogP contribution >= 0.6 is 11.6 Å². The van der Waals surface area contributed by atoms with E-state index in [2.05, 4.69) is 4.98 Å². The van der Waals surface area contributed by atoms with Gasteiger partial charge in [0.2, 0.25) is 5.91 Å². The summed E-state index contributed by atoms with van der Waals surface area (Å²) in [6, 6.07) is 5.08. The molecule has 0 radical (unpaired) electrons. The third-order valence-corrected chi connectivity index (χ3v) is 4.67. The minimum Gasteiger partial charge on any atom is -0.440 e. The molecule has 1 amide bonds. The van der Waals surface area contributed by atoms with Crippen LogP contribution in [-0.4, -0.2) is 34.9 Å². The van der Waals surface area contributed by atoms with Crippen molar-refractivity contribution < 1.29 is 9.21 Å². The van der Waals surface area contributed by atoms with E-state index >= 15 is 0 Å². The second kappa shape index (κ2) is 6.89. The first-order valence-corrected chi connectivity index (χ1v) is 8.56. The Morgan fingerprint density at radius 2 is 2.22 bits per heavy atom. The third kappa shape index (κ3) is 3.51. The van der Waals surface area contributed by atoms with Crippen molar-refractivity contribution in [2.75, 3.05) is 13.1 Å². The van der Waals surface area contributed by atoms with Crippen LogP contribution in [-0.2, 0) is 4.79 Å². The van der Waals surface area contributed by atoms with Crippen LogP contribution in [0.2, 0.25) is 5.02 Å². The Balaban J connectivity index is 1.65. The first kappa shape index (κ1) is 16.3. The molecular formula is C17H22ClN3O2. The van der Waals surface area contributed by atoms with Crippen molar-refractivity contribution in [3.05, 3.63) is 29.1 Å². The molecule has 1 unspecified atom stereocenters. The lowest BCUT2D eigenvalue weighted by Crippen LogP contribution is -2.46. The van der Waals surface area contributed by atoms with E-state index in [0.29, 0.717) is 18.1 Å². The van der Waals surface area contributed by atoms with Crippen molar-refractivity contribution in [3.63, 3.8) is 0 Å². The number of benzene rings is 1. The van der Waals surface area contributed by atoms with E-state index in [1.807, 2.05) is 24.0 Å². The predicted octanol–water partition coefficient (Wildman–Crippen LogP) is 3.31. The van der Waals surface area contributed by atoms with Gasteiger partial charge in [-0.1, -0.05) is 24.9 Å². The highest BCUT2D eigenvalue weighted by Crippen LogP contribution is 2.31. The lowest BCUT2D eigenvalue weighted by atomic mass is 9.96. The maximum Gasteiger partial charge on any atom is 0.239 e. The fraction of sp³-hybridized carbons (Fsp3) is 0.529. The van der Waals surface area contributed by atoms with Gasteiger partial charge in [0.05, 0.1) is 6.04 Å². The highest BCUT2D eigenvalue weighted by molar-refractivity contribution is 6.31. The van der Waals surface area contributed by atoms with Crippen molar-refractivity contribution in [1.82, 2.24) is 9.88 Å². The first-order valence-electron chi connectivity index (χ1n) is 8.19. The number of piperidine rings is 1. The van der Waals surface area contributed by atoms with Gasteiger partial charge < -0.3 is 15.1 Å². The summed E-state index contributed by atoms with van der Waals surface area (Å²) in [7, 11) is 0. The summed E-state index contributed by atoms with van der Waals surface area (Å²) in [6.45, 7) is 3.46. The standard InChI is InChI=1S/C17H22ClN3O2/c1-2-3-13(19)17(22)21-8-6-11(7-9-21)16-20-14-10-12(18)4-5-15(14)23-16/h4-5,10-11,13H,2-3,6-9,19H2,1H3. The van der Waals surface area contributed by atoms with Crippen LogP contribution in [0.1, 0.15) is 44.4 Å². The summed E-state index contributed by atoms with van der Waals surface area (Å²) in [5.41, 5.74) is 7.48. The summed E-state index contributed by atoms with van der Waals surface area (Å²) in [5.74, 6) is 1.05. The Hall–Kier alpha value is -1.59. The number of nitrogens with zero attached hydrogens (tertiary/aromatic N) is 2. The lowest BCUT2D eigenvalue weighted by molar-refractivity contribution is -0.133. The molecular weight excluding hydrogens is 314 g/mol. The zero-order valence-electron chi connectivity index (χ0n) is 13.3. The topological polar surface area (TPSA) is 72.4 Å². The van der Waals surface area contributed by atoms with Gasteiger partial charge >= 0.3 is 0 Å². The predicted molar refractivity (Wildman–Crippen MR) is 90.5 cm³/mol. The summed E-state index contributed by atoms with van der Waals surface area (Å²) < 4.78 is 5.85. The monoisotopic (exact) mass is 335 g/mol. The van der Waals surface area contributed by atoms with Gasteiger partial charge in [0.25, 0.3) is 0 Å². The zero-order chi connectivity index (χ0) is 16.4. The van der Waals surface area contributed by atoms with Gasteiger partial charge in [-0.25, -0.2) is 4.98 Å². The number of likely N-dealkylation sites (tertiary alicyclic amines) is 1. The molecule has 1 aliphatic rings. The molecule has 0 spiro atoms. The number of halogens is 1. The Labute approximate surface area is 140 Å². The molecule has 5 nitrogen and oxygen atoms in total. The van der Waals surface area contributed by atoms with Crippen LogP contribution in [0.25, 0.3) is 11.1 Å². The largest absolute Gasteiger partial charge is 0.440 e. The van der Waals surface area contributed by atoms with Gasteiger partial charge in [-0.05, 0) is 37.5 Å². The minimum atomic E-state index is -0.372. The SMILES string of the molecule is CCCC(N)C(=O)N1CCC(c2nc3cc(Cl)ccc3o2)CC1. The van der Waals surface area contributed by atoms with E-state index in [4.69, 9.17) is 21.8 Å². The van der Waals surface area contributed by atoms with Crippen LogP contribution in [0.3, 0.4) is 0 Å². The molecule has 0 bridgehead atoms. The van der Waals surface area contributed by atoms with Gasteiger partial charge in [0.15, 0.2) is 11.5 Å². The number of hydrogen-bond acceptors (Lipinski definition) is 4. The van der Waals surface area contributed by atoms with Gasteiger partial charge in [0, 0.05) is 24.0 Å². The Morgan fingerprint density at radius 1 is 1.48 bits per heavy atom. The van der Waals surface area contributed by atoms with Crippen molar-refractivity contribution in [2.24, 2.45) is 5.73 Å². The van der Waals surface area contributed by atoms with E-state index in [1.165, 1.54) is 0 Å². The quantitative estimate of drug-likeness (QED) is 0.930. The van der Waals surface area contributed by atoms with E-state index in [0.717, 1.165) is 42.7 Å². The van der Waals surface area contributed by atoms with Gasteiger partial charge in [-0.3, -0.25) is 4.79 Å². The number of nitrogens with two attached hydrogens (primary N) is 1. The van der Waals surface area contributed by atoms with Crippen molar-refractivity contribution in [3.8, 4) is 0 Å². The molecule has 1 aliphatic heterocycles. The number of aromatic nitrogens is 1. The second-order valence-corrected chi connectivity index (χ2v) is 6.60. The van der Waals surface area contributed by atoms with Crippen molar-refractivity contribution >= 4 is 28.6 Å². The van der Waals surface area contributed by atoms with Crippen molar-refractivity contribution in [1.29, 1.82) is 0 Å². The molecule has 1 fully saturated rings. The molecule has 1 aromatic carbocycles. The van der Waals surface area contributed by atoms with E-state index in [9.17, 15) is 4.79 Å². The Kier molecular flexibility index (Phi) is 4.87. The molecule has 6 heteroatoms.